The lowest BCUT2D eigenvalue weighted by molar-refractivity contribution is 0.241. The number of aliphatic hydroxyl groups excluding tert-OH is 1. The largest absolute Gasteiger partial charge is 0.506 e. The van der Waals surface area contributed by atoms with Crippen molar-refractivity contribution in [1.82, 2.24) is 0 Å². The minimum Gasteiger partial charge on any atom is -0.506 e. The van der Waals surface area contributed by atoms with Crippen molar-refractivity contribution >= 4 is 22.0 Å². The quantitative estimate of drug-likeness (QED) is 0.356. The number of thiophene rings is 1. The molecule has 1 aliphatic rings. The van der Waals surface area contributed by atoms with Gasteiger partial charge in [0.15, 0.2) is 0 Å². The Kier molecular flexibility index (Phi) is 6.92. The highest BCUT2D eigenvalue weighted by molar-refractivity contribution is 7.15. The summed E-state index contributed by atoms with van der Waals surface area (Å²) in [6.45, 7) is 4.24. The van der Waals surface area contributed by atoms with Crippen molar-refractivity contribution in [2.24, 2.45) is 11.8 Å². The molecule has 4 N–H and O–H groups in total. The van der Waals surface area contributed by atoms with Gasteiger partial charge in [0, 0.05) is 23.7 Å². The second kappa shape index (κ2) is 9.39. The lowest BCUT2D eigenvalue weighted by Gasteiger charge is -2.28. The summed E-state index contributed by atoms with van der Waals surface area (Å²) in [5, 5.41) is 33.8. The summed E-state index contributed by atoms with van der Waals surface area (Å²) in [5.74, 6) is 1.18. The first-order valence-corrected chi connectivity index (χ1v) is 10.9. The van der Waals surface area contributed by atoms with Crippen LogP contribution in [-0.4, -0.2) is 28.6 Å². The molecule has 150 valence electrons. The van der Waals surface area contributed by atoms with Crippen LogP contribution >= 0.6 is 11.3 Å². The van der Waals surface area contributed by atoms with Crippen molar-refractivity contribution in [2.45, 2.75) is 45.1 Å². The average molecular weight is 399 g/mol. The molecule has 0 saturated carbocycles. The maximum absolute atomic E-state index is 10.2. The predicted octanol–water partition coefficient (Wildman–Crippen LogP) is 5.39. The molecule has 4 atom stereocenters. The number of aromatic hydroxyl groups is 1. The van der Waals surface area contributed by atoms with Crippen LogP contribution in [0.25, 0.3) is 0 Å². The maximum atomic E-state index is 10.2. The van der Waals surface area contributed by atoms with Crippen LogP contribution in [0.4, 0.5) is 5.00 Å². The van der Waals surface area contributed by atoms with Crippen molar-refractivity contribution in [3.8, 4) is 5.75 Å². The summed E-state index contributed by atoms with van der Waals surface area (Å²) in [4.78, 5) is 0. The molecule has 28 heavy (non-hydrogen) atoms. The summed E-state index contributed by atoms with van der Waals surface area (Å²) in [7, 11) is 0. The molecule has 0 saturated heterocycles. The van der Waals surface area contributed by atoms with Crippen molar-refractivity contribution < 1.29 is 10.2 Å². The van der Waals surface area contributed by atoms with Gasteiger partial charge in [0.05, 0.1) is 5.56 Å². The van der Waals surface area contributed by atoms with Gasteiger partial charge in [-0.15, -0.1) is 11.3 Å². The molecule has 0 aliphatic heterocycles. The molecule has 0 fully saturated rings. The molecule has 4 nitrogen and oxygen atoms in total. The van der Waals surface area contributed by atoms with Crippen molar-refractivity contribution in [1.29, 1.82) is 5.41 Å². The number of hydrogen-bond donors (Lipinski definition) is 4. The Labute approximate surface area is 171 Å². The van der Waals surface area contributed by atoms with Crippen LogP contribution in [0.15, 0.2) is 47.9 Å². The fraction of sp³-hybridized carbons (Fsp3) is 0.435. The van der Waals surface area contributed by atoms with Crippen molar-refractivity contribution in [2.75, 3.05) is 11.9 Å². The van der Waals surface area contributed by atoms with E-state index in [2.05, 4.69) is 54.7 Å². The first-order chi connectivity index (χ1) is 13.5. The number of benzene rings is 1. The SMILES string of the molecule is CC(CO)CC(=N)c1c(O)csc1NC1C=CC(C(C)c2ccccc2)CC1. The molecule has 1 aromatic heterocycles. The number of hydrogen-bond acceptors (Lipinski definition) is 5. The molecule has 1 aromatic carbocycles. The van der Waals surface area contributed by atoms with Crippen LogP contribution in [0.1, 0.15) is 50.2 Å². The van der Waals surface area contributed by atoms with Gasteiger partial charge in [-0.1, -0.05) is 56.3 Å². The van der Waals surface area contributed by atoms with E-state index in [0.29, 0.717) is 29.5 Å². The molecule has 0 spiro atoms. The first-order valence-electron chi connectivity index (χ1n) is 9.98. The minimum atomic E-state index is 0.00876. The van der Waals surface area contributed by atoms with Gasteiger partial charge in [-0.2, -0.15) is 0 Å². The fourth-order valence-electron chi connectivity index (χ4n) is 3.81. The molecule has 1 heterocycles. The summed E-state index contributed by atoms with van der Waals surface area (Å²) in [5.41, 5.74) is 2.33. The van der Waals surface area contributed by atoms with E-state index in [1.807, 2.05) is 6.92 Å². The summed E-state index contributed by atoms with van der Waals surface area (Å²) >= 11 is 1.44. The highest BCUT2D eigenvalue weighted by atomic mass is 32.1. The number of rotatable bonds is 8. The van der Waals surface area contributed by atoms with Gasteiger partial charge in [-0.3, -0.25) is 0 Å². The zero-order chi connectivity index (χ0) is 20.1. The molecule has 2 aromatic rings. The lowest BCUT2D eigenvalue weighted by Crippen LogP contribution is -2.24. The third-order valence-electron chi connectivity index (χ3n) is 5.62. The van der Waals surface area contributed by atoms with Crippen LogP contribution in [-0.2, 0) is 0 Å². The third kappa shape index (κ3) is 4.83. The smallest absolute Gasteiger partial charge is 0.137 e. The molecule has 1 aliphatic carbocycles. The molecule has 0 radical (unpaired) electrons. The van der Waals surface area contributed by atoms with Gasteiger partial charge in [-0.25, -0.2) is 0 Å². The van der Waals surface area contributed by atoms with Gasteiger partial charge in [-0.05, 0) is 42.6 Å². The summed E-state index contributed by atoms with van der Waals surface area (Å²) < 4.78 is 0. The first kappa shape index (κ1) is 20.6. The fourth-order valence-corrected chi connectivity index (χ4v) is 4.72. The normalized spacial score (nSPS) is 21.2. The molecule has 0 bridgehead atoms. The predicted molar refractivity (Wildman–Crippen MR) is 118 cm³/mol. The molecule has 4 unspecified atom stereocenters. The van der Waals surface area contributed by atoms with E-state index < -0.39 is 0 Å². The van der Waals surface area contributed by atoms with E-state index >= 15 is 0 Å². The second-order valence-corrected chi connectivity index (χ2v) is 8.75. The topological polar surface area (TPSA) is 76.3 Å². The Morgan fingerprint density at radius 2 is 1.96 bits per heavy atom. The van der Waals surface area contributed by atoms with Crippen molar-refractivity contribution in [3.05, 3.63) is 59.0 Å². The molecule has 0 amide bonds. The number of anilines is 1. The Bertz CT molecular complexity index is 815. The van der Waals surface area contributed by atoms with Gasteiger partial charge >= 0.3 is 0 Å². The van der Waals surface area contributed by atoms with Gasteiger partial charge in [0.25, 0.3) is 0 Å². The van der Waals surface area contributed by atoms with Crippen LogP contribution < -0.4 is 5.32 Å². The Hall–Kier alpha value is -2.11. The zero-order valence-electron chi connectivity index (χ0n) is 16.6. The van der Waals surface area contributed by atoms with E-state index in [-0.39, 0.29) is 24.3 Å². The van der Waals surface area contributed by atoms with Crippen LogP contribution in [0.3, 0.4) is 0 Å². The number of aliphatic hydroxyl groups is 1. The zero-order valence-corrected chi connectivity index (χ0v) is 17.4. The molecule has 5 heteroatoms. The molecule has 3 rings (SSSR count). The Morgan fingerprint density at radius 3 is 2.61 bits per heavy atom. The highest BCUT2D eigenvalue weighted by Crippen LogP contribution is 2.37. The molecular formula is C23H30N2O2S. The number of nitrogens with one attached hydrogen (secondary N) is 2. The second-order valence-electron chi connectivity index (χ2n) is 7.87. The lowest BCUT2D eigenvalue weighted by atomic mass is 9.80. The van der Waals surface area contributed by atoms with Crippen LogP contribution in [0.2, 0.25) is 0 Å². The van der Waals surface area contributed by atoms with E-state index in [1.165, 1.54) is 16.9 Å². The van der Waals surface area contributed by atoms with Gasteiger partial charge < -0.3 is 20.9 Å². The van der Waals surface area contributed by atoms with Crippen LogP contribution in [0.5, 0.6) is 5.75 Å². The maximum Gasteiger partial charge on any atom is 0.137 e. The monoisotopic (exact) mass is 398 g/mol. The van der Waals surface area contributed by atoms with Crippen LogP contribution in [0, 0.1) is 17.2 Å². The Morgan fingerprint density at radius 1 is 1.21 bits per heavy atom. The van der Waals surface area contributed by atoms with E-state index in [4.69, 9.17) is 5.41 Å². The van der Waals surface area contributed by atoms with E-state index in [9.17, 15) is 10.2 Å². The number of allylic oxidation sites excluding steroid dienone is 1. The van der Waals surface area contributed by atoms with E-state index in [1.54, 1.807) is 5.38 Å². The summed E-state index contributed by atoms with van der Waals surface area (Å²) in [6.07, 6.45) is 7.12. The van der Waals surface area contributed by atoms with Gasteiger partial charge in [0.2, 0.25) is 0 Å². The average Bonchev–Trinajstić information content (AvgIpc) is 3.08. The van der Waals surface area contributed by atoms with Gasteiger partial charge in [0.1, 0.15) is 10.8 Å². The molecular weight excluding hydrogens is 368 g/mol. The standard InChI is InChI=1S/C23H30N2O2S/c1-15(13-26)12-20(24)22-21(27)14-28-23(22)25-19-10-8-18(9-11-19)16(2)17-6-4-3-5-7-17/h3-8,10,14-16,18-19,24-27H,9,11-13H2,1-2H3. The highest BCUT2D eigenvalue weighted by Gasteiger charge is 2.24. The summed E-state index contributed by atoms with van der Waals surface area (Å²) in [6, 6.07) is 10.9. The third-order valence-corrected chi connectivity index (χ3v) is 6.52. The van der Waals surface area contributed by atoms with E-state index in [0.717, 1.165) is 17.8 Å². The van der Waals surface area contributed by atoms with Crippen molar-refractivity contribution in [3.63, 3.8) is 0 Å². The Balaban J connectivity index is 1.65. The minimum absolute atomic E-state index is 0.00876.